The van der Waals surface area contributed by atoms with E-state index < -0.39 is 4.92 Å². The van der Waals surface area contributed by atoms with Gasteiger partial charge < -0.3 is 0 Å². The molecule has 2 aromatic carbocycles. The summed E-state index contributed by atoms with van der Waals surface area (Å²) < 4.78 is 1.14. The van der Waals surface area contributed by atoms with Crippen molar-refractivity contribution in [3.8, 4) is 0 Å². The summed E-state index contributed by atoms with van der Waals surface area (Å²) in [5.74, 6) is 0.683. The van der Waals surface area contributed by atoms with Crippen LogP contribution in [0.3, 0.4) is 0 Å². The van der Waals surface area contributed by atoms with Gasteiger partial charge >= 0.3 is 0 Å². The van der Waals surface area contributed by atoms with Gasteiger partial charge in [-0.15, -0.1) is 11.8 Å². The van der Waals surface area contributed by atoms with Crippen LogP contribution >= 0.6 is 34.4 Å². The van der Waals surface area contributed by atoms with Gasteiger partial charge in [-0.05, 0) is 52.8 Å². The van der Waals surface area contributed by atoms with E-state index in [4.69, 9.17) is 0 Å². The maximum atomic E-state index is 11.8. The SMILES string of the molecule is C/C(=N/NC(=O)CSCc1ccc([N+](=O)[O-])cc1)c1ccc(I)cc1. The zero-order valence-electron chi connectivity index (χ0n) is 13.4. The van der Waals surface area contributed by atoms with E-state index in [0.717, 1.165) is 20.4 Å². The number of nitro benzene ring substituents is 1. The normalized spacial score (nSPS) is 11.2. The van der Waals surface area contributed by atoms with Crippen molar-refractivity contribution in [1.29, 1.82) is 0 Å². The Hall–Kier alpha value is -1.94. The van der Waals surface area contributed by atoms with Crippen LogP contribution in [0.4, 0.5) is 5.69 Å². The largest absolute Gasteiger partial charge is 0.272 e. The third-order valence-electron chi connectivity index (χ3n) is 3.26. The molecule has 0 spiro atoms. The van der Waals surface area contributed by atoms with E-state index in [9.17, 15) is 14.9 Å². The lowest BCUT2D eigenvalue weighted by molar-refractivity contribution is -0.384. The number of amides is 1. The molecule has 130 valence electrons. The first-order chi connectivity index (χ1) is 12.0. The molecule has 2 aromatic rings. The van der Waals surface area contributed by atoms with Gasteiger partial charge in [0.1, 0.15) is 0 Å². The van der Waals surface area contributed by atoms with Crippen molar-refractivity contribution in [2.45, 2.75) is 12.7 Å². The molecule has 1 N–H and O–H groups in total. The Bertz CT molecular complexity index is 777. The quantitative estimate of drug-likeness (QED) is 0.288. The van der Waals surface area contributed by atoms with Crippen molar-refractivity contribution in [2.24, 2.45) is 5.10 Å². The Balaban J connectivity index is 1.77. The second kappa shape index (κ2) is 9.52. The van der Waals surface area contributed by atoms with Crippen LogP contribution in [0, 0.1) is 13.7 Å². The standard InChI is InChI=1S/C17H16IN3O3S/c1-12(14-4-6-15(18)7-5-14)19-20-17(22)11-25-10-13-2-8-16(9-3-13)21(23)24/h2-9H,10-11H2,1H3,(H,20,22)/b19-12-. The van der Waals surface area contributed by atoms with Crippen molar-refractivity contribution in [3.05, 3.63) is 73.3 Å². The van der Waals surface area contributed by atoms with Crippen molar-refractivity contribution >= 4 is 51.7 Å². The Morgan fingerprint density at radius 1 is 1.20 bits per heavy atom. The van der Waals surface area contributed by atoms with Gasteiger partial charge in [-0.1, -0.05) is 24.3 Å². The van der Waals surface area contributed by atoms with Gasteiger partial charge in [0.15, 0.2) is 0 Å². The number of non-ortho nitro benzene ring substituents is 1. The molecule has 0 aromatic heterocycles. The summed E-state index contributed by atoms with van der Waals surface area (Å²) in [6.45, 7) is 1.84. The molecule has 0 saturated carbocycles. The summed E-state index contributed by atoms with van der Waals surface area (Å²) in [6.07, 6.45) is 0. The summed E-state index contributed by atoms with van der Waals surface area (Å²) in [4.78, 5) is 22.0. The summed E-state index contributed by atoms with van der Waals surface area (Å²) in [7, 11) is 0. The third-order valence-corrected chi connectivity index (χ3v) is 4.98. The number of nitro groups is 1. The van der Waals surface area contributed by atoms with Crippen molar-refractivity contribution in [2.75, 3.05) is 5.75 Å². The Morgan fingerprint density at radius 2 is 1.84 bits per heavy atom. The van der Waals surface area contributed by atoms with Crippen molar-refractivity contribution in [1.82, 2.24) is 5.43 Å². The smallest absolute Gasteiger partial charge is 0.269 e. The number of benzene rings is 2. The monoisotopic (exact) mass is 469 g/mol. The highest BCUT2D eigenvalue weighted by atomic mass is 127. The van der Waals surface area contributed by atoms with Crippen LogP contribution in [0.25, 0.3) is 0 Å². The maximum Gasteiger partial charge on any atom is 0.269 e. The van der Waals surface area contributed by atoms with Crippen LogP contribution in [0.1, 0.15) is 18.1 Å². The first-order valence-electron chi connectivity index (χ1n) is 7.36. The fourth-order valence-electron chi connectivity index (χ4n) is 1.91. The molecule has 0 fully saturated rings. The van der Waals surface area contributed by atoms with Gasteiger partial charge in [0.05, 0.1) is 16.4 Å². The molecule has 0 atom stereocenters. The average Bonchev–Trinajstić information content (AvgIpc) is 2.60. The maximum absolute atomic E-state index is 11.8. The molecule has 2 rings (SSSR count). The van der Waals surface area contributed by atoms with Gasteiger partial charge in [-0.3, -0.25) is 14.9 Å². The van der Waals surface area contributed by atoms with Gasteiger partial charge in [0.2, 0.25) is 5.91 Å². The van der Waals surface area contributed by atoms with E-state index in [1.54, 1.807) is 12.1 Å². The van der Waals surface area contributed by atoms with Crippen molar-refractivity contribution < 1.29 is 9.72 Å². The molecule has 0 aliphatic carbocycles. The van der Waals surface area contributed by atoms with Gasteiger partial charge in [0.25, 0.3) is 5.69 Å². The zero-order chi connectivity index (χ0) is 18.2. The average molecular weight is 469 g/mol. The molecule has 25 heavy (non-hydrogen) atoms. The fraction of sp³-hybridized carbons (Fsp3) is 0.176. The number of thioether (sulfide) groups is 1. The molecule has 0 saturated heterocycles. The molecule has 6 nitrogen and oxygen atoms in total. The van der Waals surface area contributed by atoms with E-state index in [1.165, 1.54) is 23.9 Å². The lowest BCUT2D eigenvalue weighted by Gasteiger charge is -2.04. The van der Waals surface area contributed by atoms with Gasteiger partial charge in [-0.2, -0.15) is 5.10 Å². The van der Waals surface area contributed by atoms with Crippen LogP contribution < -0.4 is 5.43 Å². The summed E-state index contributed by atoms with van der Waals surface area (Å²) >= 11 is 3.66. The summed E-state index contributed by atoms with van der Waals surface area (Å²) in [5, 5.41) is 14.7. The Labute approximate surface area is 163 Å². The van der Waals surface area contributed by atoms with Gasteiger partial charge in [-0.25, -0.2) is 5.43 Å². The van der Waals surface area contributed by atoms with E-state index in [0.29, 0.717) is 5.75 Å². The molecule has 0 bridgehead atoms. The number of hydrogen-bond acceptors (Lipinski definition) is 5. The molecule has 0 aliphatic rings. The minimum Gasteiger partial charge on any atom is -0.272 e. The molecule has 1 amide bonds. The molecular weight excluding hydrogens is 453 g/mol. The highest BCUT2D eigenvalue weighted by Gasteiger charge is 2.05. The number of rotatable bonds is 7. The molecule has 0 aliphatic heterocycles. The second-order valence-corrected chi connectivity index (χ2v) is 7.39. The minimum atomic E-state index is -0.432. The highest BCUT2D eigenvalue weighted by Crippen LogP contribution is 2.16. The van der Waals surface area contributed by atoms with Crippen LogP contribution in [-0.2, 0) is 10.5 Å². The second-order valence-electron chi connectivity index (χ2n) is 5.16. The van der Waals surface area contributed by atoms with E-state index >= 15 is 0 Å². The lowest BCUT2D eigenvalue weighted by Crippen LogP contribution is -2.21. The van der Waals surface area contributed by atoms with Gasteiger partial charge in [0, 0.05) is 21.5 Å². The minimum absolute atomic E-state index is 0.0619. The summed E-state index contributed by atoms with van der Waals surface area (Å²) in [5.41, 5.74) is 5.24. The summed E-state index contributed by atoms with van der Waals surface area (Å²) in [6, 6.07) is 14.2. The topological polar surface area (TPSA) is 84.6 Å². The predicted octanol–water partition coefficient (Wildman–Crippen LogP) is 3.97. The molecule has 0 radical (unpaired) electrons. The number of hydrazone groups is 1. The lowest BCUT2D eigenvalue weighted by atomic mass is 10.1. The number of nitrogens with zero attached hydrogens (tertiary/aromatic N) is 2. The van der Waals surface area contributed by atoms with E-state index in [-0.39, 0.29) is 17.3 Å². The van der Waals surface area contributed by atoms with E-state index in [2.05, 4.69) is 33.1 Å². The molecule has 0 heterocycles. The fourth-order valence-corrected chi connectivity index (χ4v) is 3.05. The number of carbonyl (C=O) groups excluding carboxylic acids is 1. The first-order valence-corrected chi connectivity index (χ1v) is 9.59. The third kappa shape index (κ3) is 6.46. The number of carbonyl (C=O) groups is 1. The molecular formula is C17H16IN3O3S. The first kappa shape index (κ1) is 19.4. The van der Waals surface area contributed by atoms with Crippen molar-refractivity contribution in [3.63, 3.8) is 0 Å². The van der Waals surface area contributed by atoms with Crippen LogP contribution in [0.15, 0.2) is 53.6 Å². The van der Waals surface area contributed by atoms with Crippen LogP contribution in [0.5, 0.6) is 0 Å². The predicted molar refractivity (Wildman–Crippen MR) is 109 cm³/mol. The Morgan fingerprint density at radius 3 is 2.44 bits per heavy atom. The zero-order valence-corrected chi connectivity index (χ0v) is 16.4. The number of nitrogens with one attached hydrogen (secondary N) is 1. The molecule has 0 unspecified atom stereocenters. The number of hydrogen-bond donors (Lipinski definition) is 1. The van der Waals surface area contributed by atoms with E-state index in [1.807, 2.05) is 31.2 Å². The molecule has 8 heteroatoms. The number of halogens is 1. The Kier molecular flexibility index (Phi) is 7.38. The highest BCUT2D eigenvalue weighted by molar-refractivity contribution is 14.1. The van der Waals surface area contributed by atoms with Crippen LogP contribution in [-0.4, -0.2) is 22.3 Å². The van der Waals surface area contributed by atoms with Crippen LogP contribution in [0.2, 0.25) is 0 Å².